The third-order valence-electron chi connectivity index (χ3n) is 3.12. The average Bonchev–Trinajstić information content (AvgIpc) is 2.08. The fourth-order valence-corrected chi connectivity index (χ4v) is 1.73. The molecule has 0 radical (unpaired) electrons. The maximum atomic E-state index is 8.72. The summed E-state index contributed by atoms with van der Waals surface area (Å²) in [6, 6.07) is 0. The van der Waals surface area contributed by atoms with Crippen LogP contribution in [0.3, 0.4) is 0 Å². The fourth-order valence-electron chi connectivity index (χ4n) is 1.73. The maximum absolute atomic E-state index is 8.72. The fraction of sp³-hybridized carbons (Fsp3) is 1.00. The largest absolute Gasteiger partial charge is 0.396 e. The van der Waals surface area contributed by atoms with Crippen molar-refractivity contribution in [2.75, 3.05) is 6.61 Å². The summed E-state index contributed by atoms with van der Waals surface area (Å²) in [5.41, 5.74) is 0.517. The summed E-state index contributed by atoms with van der Waals surface area (Å²) in [6.07, 6.45) is 5.91. The second-order valence-corrected chi connectivity index (χ2v) is 3.39. The van der Waals surface area contributed by atoms with Crippen molar-refractivity contribution in [2.45, 2.75) is 52.9 Å². The van der Waals surface area contributed by atoms with Crippen LogP contribution in [-0.2, 0) is 0 Å². The molecule has 0 bridgehead atoms. The van der Waals surface area contributed by atoms with Gasteiger partial charge in [0.05, 0.1) is 0 Å². The summed E-state index contributed by atoms with van der Waals surface area (Å²) in [5, 5.41) is 8.72. The zero-order valence-corrected chi connectivity index (χ0v) is 8.90. The molecule has 0 amide bonds. The van der Waals surface area contributed by atoms with Gasteiger partial charge in [-0.1, -0.05) is 40.0 Å². The molecule has 0 unspecified atom stereocenters. The van der Waals surface area contributed by atoms with E-state index in [1.807, 2.05) is 0 Å². The lowest BCUT2D eigenvalue weighted by Crippen LogP contribution is -2.17. The molecule has 0 aliphatic heterocycles. The Labute approximate surface area is 77.0 Å². The molecule has 0 aromatic carbocycles. The van der Waals surface area contributed by atoms with Gasteiger partial charge in [-0.15, -0.1) is 0 Å². The average molecular weight is 175 g/mol. The molecular formula is C10H25NO. The van der Waals surface area contributed by atoms with Gasteiger partial charge in [-0.3, -0.25) is 0 Å². The van der Waals surface area contributed by atoms with Gasteiger partial charge in [0.2, 0.25) is 0 Å². The first-order chi connectivity index (χ1) is 5.24. The predicted molar refractivity (Wildman–Crippen MR) is 54.6 cm³/mol. The smallest absolute Gasteiger partial charge is 0.0431 e. The van der Waals surface area contributed by atoms with Crippen LogP contribution in [0.1, 0.15) is 52.9 Å². The van der Waals surface area contributed by atoms with E-state index in [1.165, 1.54) is 25.7 Å². The molecule has 76 valence electrons. The zero-order chi connectivity index (χ0) is 8.74. The number of hydrogen-bond donors (Lipinski definition) is 2. The molecule has 0 atom stereocenters. The van der Waals surface area contributed by atoms with Crippen molar-refractivity contribution >= 4 is 0 Å². The standard InChI is InChI=1S/C10H22O.H3N/c1-4-10(5-2,6-3)8-7-9-11;/h11H,4-9H2,1-3H3;1H3. The van der Waals surface area contributed by atoms with Crippen LogP contribution in [0.5, 0.6) is 0 Å². The van der Waals surface area contributed by atoms with E-state index in [-0.39, 0.29) is 6.15 Å². The molecule has 0 fully saturated rings. The minimum Gasteiger partial charge on any atom is -0.396 e. The van der Waals surface area contributed by atoms with Gasteiger partial charge >= 0.3 is 0 Å². The van der Waals surface area contributed by atoms with Crippen LogP contribution >= 0.6 is 0 Å². The second kappa shape index (κ2) is 7.56. The van der Waals surface area contributed by atoms with Crippen molar-refractivity contribution in [1.82, 2.24) is 6.15 Å². The third kappa shape index (κ3) is 4.07. The maximum Gasteiger partial charge on any atom is 0.0431 e. The van der Waals surface area contributed by atoms with E-state index in [9.17, 15) is 0 Å². The Morgan fingerprint density at radius 2 is 1.42 bits per heavy atom. The Balaban J connectivity index is 0. The summed E-state index contributed by atoms with van der Waals surface area (Å²) in [5.74, 6) is 0. The van der Waals surface area contributed by atoms with E-state index in [0.717, 1.165) is 6.42 Å². The summed E-state index contributed by atoms with van der Waals surface area (Å²) in [6.45, 7) is 7.11. The highest BCUT2D eigenvalue weighted by atomic mass is 16.2. The summed E-state index contributed by atoms with van der Waals surface area (Å²) < 4.78 is 0. The molecule has 12 heavy (non-hydrogen) atoms. The number of aliphatic hydroxyl groups excluding tert-OH is 1. The Bertz CT molecular complexity index is 81.6. The Morgan fingerprint density at radius 3 is 1.67 bits per heavy atom. The minimum absolute atomic E-state index is 0. The first-order valence-corrected chi connectivity index (χ1v) is 4.85. The normalized spacial score (nSPS) is 11.0. The van der Waals surface area contributed by atoms with Crippen molar-refractivity contribution in [3.05, 3.63) is 0 Å². The van der Waals surface area contributed by atoms with E-state index in [1.54, 1.807) is 0 Å². The van der Waals surface area contributed by atoms with Crippen molar-refractivity contribution in [1.29, 1.82) is 0 Å². The van der Waals surface area contributed by atoms with Crippen molar-refractivity contribution < 1.29 is 5.11 Å². The lowest BCUT2D eigenvalue weighted by Gasteiger charge is -2.30. The lowest BCUT2D eigenvalue weighted by atomic mass is 9.76. The van der Waals surface area contributed by atoms with Gasteiger partial charge in [0.25, 0.3) is 0 Å². The first-order valence-electron chi connectivity index (χ1n) is 4.85. The molecule has 0 aliphatic carbocycles. The van der Waals surface area contributed by atoms with E-state index >= 15 is 0 Å². The third-order valence-corrected chi connectivity index (χ3v) is 3.12. The first kappa shape index (κ1) is 14.4. The van der Waals surface area contributed by atoms with E-state index < -0.39 is 0 Å². The molecule has 4 N–H and O–H groups in total. The summed E-state index contributed by atoms with van der Waals surface area (Å²) >= 11 is 0. The quantitative estimate of drug-likeness (QED) is 0.651. The molecule has 0 heterocycles. The molecule has 0 saturated heterocycles. The van der Waals surface area contributed by atoms with Crippen LogP contribution in [-0.4, -0.2) is 11.7 Å². The number of hydrogen-bond acceptors (Lipinski definition) is 2. The number of rotatable bonds is 6. The SMILES string of the molecule is CCC(CC)(CC)CCCO.N. The van der Waals surface area contributed by atoms with E-state index in [2.05, 4.69) is 20.8 Å². The van der Waals surface area contributed by atoms with Gasteiger partial charge in [0, 0.05) is 6.61 Å². The van der Waals surface area contributed by atoms with Crippen LogP contribution in [0.2, 0.25) is 0 Å². The molecule has 0 aliphatic rings. The highest BCUT2D eigenvalue weighted by Crippen LogP contribution is 2.35. The van der Waals surface area contributed by atoms with E-state index in [0.29, 0.717) is 12.0 Å². The highest BCUT2D eigenvalue weighted by molar-refractivity contribution is 4.74. The number of aliphatic hydroxyl groups is 1. The topological polar surface area (TPSA) is 55.2 Å². The summed E-state index contributed by atoms with van der Waals surface area (Å²) in [7, 11) is 0. The van der Waals surface area contributed by atoms with Gasteiger partial charge in [-0.2, -0.15) is 0 Å². The van der Waals surface area contributed by atoms with Crippen LogP contribution in [0.25, 0.3) is 0 Å². The Kier molecular flexibility index (Phi) is 9.10. The van der Waals surface area contributed by atoms with Crippen LogP contribution in [0.4, 0.5) is 0 Å². The molecule has 0 rings (SSSR count). The molecule has 0 aromatic rings. The van der Waals surface area contributed by atoms with Crippen LogP contribution in [0, 0.1) is 5.41 Å². The van der Waals surface area contributed by atoms with Crippen LogP contribution < -0.4 is 6.15 Å². The van der Waals surface area contributed by atoms with Gasteiger partial charge in [-0.25, -0.2) is 0 Å². The van der Waals surface area contributed by atoms with Gasteiger partial charge in [0.15, 0.2) is 0 Å². The molecule has 2 nitrogen and oxygen atoms in total. The van der Waals surface area contributed by atoms with E-state index in [4.69, 9.17) is 5.11 Å². The molecule has 0 spiro atoms. The minimum atomic E-state index is 0. The van der Waals surface area contributed by atoms with Gasteiger partial charge in [-0.05, 0) is 18.3 Å². The monoisotopic (exact) mass is 175 g/mol. The second-order valence-electron chi connectivity index (χ2n) is 3.39. The molecular weight excluding hydrogens is 150 g/mol. The van der Waals surface area contributed by atoms with Crippen LogP contribution in [0.15, 0.2) is 0 Å². The molecule has 0 saturated carbocycles. The summed E-state index contributed by atoms with van der Waals surface area (Å²) in [4.78, 5) is 0. The predicted octanol–water partition coefficient (Wildman–Crippen LogP) is 3.14. The Morgan fingerprint density at radius 1 is 1.00 bits per heavy atom. The highest BCUT2D eigenvalue weighted by Gasteiger charge is 2.22. The molecule has 2 heteroatoms. The Hall–Kier alpha value is -0.0800. The van der Waals surface area contributed by atoms with Crippen molar-refractivity contribution in [3.8, 4) is 0 Å². The zero-order valence-electron chi connectivity index (χ0n) is 8.90. The molecule has 0 aromatic heterocycles. The van der Waals surface area contributed by atoms with Gasteiger partial charge in [0.1, 0.15) is 0 Å². The van der Waals surface area contributed by atoms with Crippen molar-refractivity contribution in [2.24, 2.45) is 5.41 Å². The lowest BCUT2D eigenvalue weighted by molar-refractivity contribution is 0.191. The van der Waals surface area contributed by atoms with Crippen molar-refractivity contribution in [3.63, 3.8) is 0 Å². The van der Waals surface area contributed by atoms with Gasteiger partial charge < -0.3 is 11.3 Å².